The molecule has 1 aromatic rings. The molecule has 0 saturated heterocycles. The molecule has 16 heavy (non-hydrogen) atoms. The van der Waals surface area contributed by atoms with E-state index in [1.165, 1.54) is 18.2 Å². The Kier molecular flexibility index (Phi) is 4.83. The van der Waals surface area contributed by atoms with Crippen LogP contribution < -0.4 is 11.1 Å². The second-order valence-corrected chi connectivity index (χ2v) is 4.17. The van der Waals surface area contributed by atoms with E-state index in [1.54, 1.807) is 0 Å². The third-order valence-electron chi connectivity index (χ3n) is 2.66. The molecule has 1 atom stereocenters. The van der Waals surface area contributed by atoms with Crippen LogP contribution in [0.25, 0.3) is 0 Å². The minimum atomic E-state index is -0.521. The van der Waals surface area contributed by atoms with E-state index < -0.39 is 11.6 Å². The molecule has 90 valence electrons. The van der Waals surface area contributed by atoms with Gasteiger partial charge in [-0.25, -0.2) is 8.78 Å². The van der Waals surface area contributed by atoms with Crippen molar-refractivity contribution >= 4 is 0 Å². The van der Waals surface area contributed by atoms with Crippen molar-refractivity contribution in [3.63, 3.8) is 0 Å². The Morgan fingerprint density at radius 2 is 1.81 bits per heavy atom. The number of halogens is 2. The minimum absolute atomic E-state index is 0.0685. The zero-order valence-corrected chi connectivity index (χ0v) is 9.63. The normalized spacial score (nSPS) is 13.1. The average Bonchev–Trinajstić information content (AvgIpc) is 2.22. The first kappa shape index (κ1) is 13.1. The maximum Gasteiger partial charge on any atom is 0.130 e. The molecule has 3 N–H and O–H groups in total. The number of benzene rings is 1. The molecule has 0 aliphatic rings. The second kappa shape index (κ2) is 5.92. The van der Waals surface area contributed by atoms with E-state index in [9.17, 15) is 8.78 Å². The molecule has 0 aromatic heterocycles. The van der Waals surface area contributed by atoms with Gasteiger partial charge < -0.3 is 11.1 Å². The van der Waals surface area contributed by atoms with Crippen LogP contribution in [0.5, 0.6) is 0 Å². The molecular formula is C12H18F2N2. The van der Waals surface area contributed by atoms with Gasteiger partial charge in [0.25, 0.3) is 0 Å². The third kappa shape index (κ3) is 3.25. The minimum Gasteiger partial charge on any atom is -0.329 e. The fraction of sp³-hybridized carbons (Fsp3) is 0.500. The van der Waals surface area contributed by atoms with Crippen LogP contribution in [0.3, 0.4) is 0 Å². The Labute approximate surface area is 94.8 Å². The number of nitrogens with one attached hydrogen (secondary N) is 1. The van der Waals surface area contributed by atoms with Gasteiger partial charge in [-0.1, -0.05) is 19.9 Å². The largest absolute Gasteiger partial charge is 0.329 e. The van der Waals surface area contributed by atoms with Gasteiger partial charge >= 0.3 is 0 Å². The van der Waals surface area contributed by atoms with Crippen molar-refractivity contribution in [1.29, 1.82) is 0 Å². The van der Waals surface area contributed by atoms with Crippen molar-refractivity contribution in [3.05, 3.63) is 35.4 Å². The highest BCUT2D eigenvalue weighted by Gasteiger charge is 2.13. The van der Waals surface area contributed by atoms with Crippen molar-refractivity contribution in [2.24, 2.45) is 11.7 Å². The fourth-order valence-electron chi connectivity index (χ4n) is 1.53. The van der Waals surface area contributed by atoms with Crippen LogP contribution >= 0.6 is 0 Å². The highest BCUT2D eigenvalue weighted by Crippen LogP contribution is 2.12. The van der Waals surface area contributed by atoms with Crippen LogP contribution in [-0.4, -0.2) is 12.6 Å². The lowest BCUT2D eigenvalue weighted by molar-refractivity contribution is 0.396. The third-order valence-corrected chi connectivity index (χ3v) is 2.66. The Bertz CT molecular complexity index is 320. The van der Waals surface area contributed by atoms with Gasteiger partial charge in [-0.15, -0.1) is 0 Å². The van der Waals surface area contributed by atoms with Gasteiger partial charge in [-0.05, 0) is 18.1 Å². The summed E-state index contributed by atoms with van der Waals surface area (Å²) in [6, 6.07) is 3.94. The molecule has 2 nitrogen and oxygen atoms in total. The van der Waals surface area contributed by atoms with Crippen molar-refractivity contribution in [3.8, 4) is 0 Å². The SMILES string of the molecule is CC(C)C(CN)NCc1c(F)cccc1F. The standard InChI is InChI=1S/C12H18F2N2/c1-8(2)12(6-15)16-7-9-10(13)4-3-5-11(9)14/h3-5,8,12,16H,6-7,15H2,1-2H3. The summed E-state index contributed by atoms with van der Waals surface area (Å²) in [6.45, 7) is 4.65. The van der Waals surface area contributed by atoms with E-state index in [4.69, 9.17) is 5.73 Å². The first-order valence-corrected chi connectivity index (χ1v) is 5.42. The lowest BCUT2D eigenvalue weighted by Crippen LogP contribution is -2.40. The summed E-state index contributed by atoms with van der Waals surface area (Å²) in [5.41, 5.74) is 5.63. The molecule has 1 rings (SSSR count). The van der Waals surface area contributed by atoms with E-state index in [1.807, 2.05) is 13.8 Å². The van der Waals surface area contributed by atoms with Crippen molar-refractivity contribution in [2.75, 3.05) is 6.54 Å². The predicted molar refractivity (Wildman–Crippen MR) is 60.9 cm³/mol. The first-order valence-electron chi connectivity index (χ1n) is 5.42. The van der Waals surface area contributed by atoms with Crippen LogP contribution in [0.1, 0.15) is 19.4 Å². The van der Waals surface area contributed by atoms with Gasteiger partial charge in [-0.2, -0.15) is 0 Å². The number of hydrogen-bond acceptors (Lipinski definition) is 2. The van der Waals surface area contributed by atoms with Crippen molar-refractivity contribution in [1.82, 2.24) is 5.32 Å². The molecule has 0 heterocycles. The zero-order chi connectivity index (χ0) is 12.1. The zero-order valence-electron chi connectivity index (χ0n) is 9.63. The Hall–Kier alpha value is -1.00. The van der Waals surface area contributed by atoms with E-state index in [0.29, 0.717) is 12.5 Å². The van der Waals surface area contributed by atoms with E-state index in [0.717, 1.165) is 0 Å². The monoisotopic (exact) mass is 228 g/mol. The summed E-state index contributed by atoms with van der Waals surface area (Å²) in [6.07, 6.45) is 0. The summed E-state index contributed by atoms with van der Waals surface area (Å²) in [4.78, 5) is 0. The Balaban J connectivity index is 2.67. The molecule has 4 heteroatoms. The fourth-order valence-corrected chi connectivity index (χ4v) is 1.53. The number of nitrogens with two attached hydrogens (primary N) is 1. The highest BCUT2D eigenvalue weighted by atomic mass is 19.1. The summed E-state index contributed by atoms with van der Waals surface area (Å²) in [5, 5.41) is 3.06. The van der Waals surface area contributed by atoms with Crippen LogP contribution in [0.4, 0.5) is 8.78 Å². The lowest BCUT2D eigenvalue weighted by atomic mass is 10.0. The molecule has 0 amide bonds. The Morgan fingerprint density at radius 1 is 1.25 bits per heavy atom. The van der Waals surface area contributed by atoms with E-state index in [-0.39, 0.29) is 18.2 Å². The molecule has 0 aliphatic carbocycles. The summed E-state index contributed by atoms with van der Waals surface area (Å²) < 4.78 is 26.6. The summed E-state index contributed by atoms with van der Waals surface area (Å²) >= 11 is 0. The van der Waals surface area contributed by atoms with Gasteiger partial charge in [0.2, 0.25) is 0 Å². The summed E-state index contributed by atoms with van der Waals surface area (Å²) in [7, 11) is 0. The molecule has 0 fully saturated rings. The number of hydrogen-bond donors (Lipinski definition) is 2. The molecule has 1 unspecified atom stereocenters. The maximum atomic E-state index is 13.3. The van der Waals surface area contributed by atoms with Gasteiger partial charge in [0.05, 0.1) is 0 Å². The molecule has 0 radical (unpaired) electrons. The average molecular weight is 228 g/mol. The quantitative estimate of drug-likeness (QED) is 0.809. The first-order chi connectivity index (χ1) is 7.56. The van der Waals surface area contributed by atoms with E-state index in [2.05, 4.69) is 5.32 Å². The maximum absolute atomic E-state index is 13.3. The Morgan fingerprint density at radius 3 is 2.25 bits per heavy atom. The smallest absolute Gasteiger partial charge is 0.130 e. The molecule has 0 saturated carbocycles. The predicted octanol–water partition coefficient (Wildman–Crippen LogP) is 2.04. The lowest BCUT2D eigenvalue weighted by Gasteiger charge is -2.20. The van der Waals surface area contributed by atoms with Crippen molar-refractivity contribution < 1.29 is 8.78 Å². The highest BCUT2D eigenvalue weighted by molar-refractivity contribution is 5.19. The molecule has 1 aromatic carbocycles. The second-order valence-electron chi connectivity index (χ2n) is 4.17. The van der Waals surface area contributed by atoms with Gasteiger partial charge in [-0.3, -0.25) is 0 Å². The molecule has 0 aliphatic heterocycles. The van der Waals surface area contributed by atoms with Crippen LogP contribution in [0.15, 0.2) is 18.2 Å². The topological polar surface area (TPSA) is 38.0 Å². The van der Waals surface area contributed by atoms with Gasteiger partial charge in [0.1, 0.15) is 11.6 Å². The van der Waals surface area contributed by atoms with Gasteiger partial charge in [0, 0.05) is 24.7 Å². The molecular weight excluding hydrogens is 210 g/mol. The molecule has 0 bridgehead atoms. The molecule has 0 spiro atoms. The number of rotatable bonds is 5. The van der Waals surface area contributed by atoms with Crippen molar-refractivity contribution in [2.45, 2.75) is 26.4 Å². The van der Waals surface area contributed by atoms with Crippen LogP contribution in [-0.2, 0) is 6.54 Å². The van der Waals surface area contributed by atoms with Crippen LogP contribution in [0.2, 0.25) is 0 Å². The van der Waals surface area contributed by atoms with Gasteiger partial charge in [0.15, 0.2) is 0 Å². The summed E-state index contributed by atoms with van der Waals surface area (Å²) in [5.74, 6) is -0.709. The van der Waals surface area contributed by atoms with Crippen LogP contribution in [0, 0.1) is 17.6 Å². The van der Waals surface area contributed by atoms with E-state index >= 15 is 0 Å².